The number of likely N-dealkylation sites (N-methyl/N-ethyl adjacent to an activating group) is 1. The van der Waals surface area contributed by atoms with Crippen LogP contribution in [0.3, 0.4) is 0 Å². The van der Waals surface area contributed by atoms with E-state index in [4.69, 9.17) is 9.47 Å². The molecule has 0 aliphatic heterocycles. The highest BCUT2D eigenvalue weighted by Crippen LogP contribution is 2.30. The summed E-state index contributed by atoms with van der Waals surface area (Å²) in [5, 5.41) is 2.24. The maximum Gasteiger partial charge on any atom is 0.311 e. The lowest BCUT2D eigenvalue weighted by atomic mass is 9.95. The highest BCUT2D eigenvalue weighted by molar-refractivity contribution is 5.84. The van der Waals surface area contributed by atoms with Crippen molar-refractivity contribution < 1.29 is 14.3 Å². The van der Waals surface area contributed by atoms with Crippen molar-refractivity contribution >= 4 is 16.7 Å². The summed E-state index contributed by atoms with van der Waals surface area (Å²) in [7, 11) is 2.17. The van der Waals surface area contributed by atoms with E-state index in [-0.39, 0.29) is 30.8 Å². The summed E-state index contributed by atoms with van der Waals surface area (Å²) in [6.45, 7) is 6.65. The molecular formula is C27H35N3O3. The minimum Gasteiger partial charge on any atom is -0.457 e. The van der Waals surface area contributed by atoms with Crippen LogP contribution in [0.2, 0.25) is 0 Å². The van der Waals surface area contributed by atoms with Crippen LogP contribution in [-0.4, -0.2) is 46.3 Å². The van der Waals surface area contributed by atoms with Crippen molar-refractivity contribution in [2.75, 3.05) is 13.8 Å². The van der Waals surface area contributed by atoms with Crippen LogP contribution in [0.5, 0.6) is 5.75 Å². The Morgan fingerprint density at radius 2 is 1.85 bits per heavy atom. The lowest BCUT2D eigenvalue weighted by molar-refractivity contribution is -0.154. The van der Waals surface area contributed by atoms with E-state index in [0.29, 0.717) is 11.8 Å². The van der Waals surface area contributed by atoms with Crippen molar-refractivity contribution in [1.82, 2.24) is 14.5 Å². The molecule has 176 valence electrons. The first-order chi connectivity index (χ1) is 15.9. The molecule has 1 fully saturated rings. The molecule has 1 heterocycles. The third-order valence-corrected chi connectivity index (χ3v) is 7.05. The molecule has 1 saturated carbocycles. The van der Waals surface area contributed by atoms with Crippen LogP contribution in [0, 0.1) is 5.92 Å². The number of carbonyl (C=O) groups excluding carboxylic acids is 1. The zero-order valence-electron chi connectivity index (χ0n) is 20.1. The normalized spacial score (nSPS) is 16.4. The van der Waals surface area contributed by atoms with Crippen molar-refractivity contribution in [3.63, 3.8) is 0 Å². The van der Waals surface area contributed by atoms with Gasteiger partial charge in [-0.1, -0.05) is 31.0 Å². The van der Waals surface area contributed by atoms with Crippen LogP contribution in [0.25, 0.3) is 10.8 Å². The van der Waals surface area contributed by atoms with E-state index >= 15 is 0 Å². The molecular weight excluding hydrogens is 414 g/mol. The Morgan fingerprint density at radius 3 is 2.55 bits per heavy atom. The van der Waals surface area contributed by atoms with E-state index in [1.165, 1.54) is 5.56 Å². The Labute approximate surface area is 196 Å². The third kappa shape index (κ3) is 5.38. The molecule has 1 aliphatic rings. The van der Waals surface area contributed by atoms with E-state index < -0.39 is 0 Å². The quantitative estimate of drug-likeness (QED) is 0.322. The number of carbonyl (C=O) groups is 1. The smallest absolute Gasteiger partial charge is 0.311 e. The van der Waals surface area contributed by atoms with Gasteiger partial charge in [-0.15, -0.1) is 0 Å². The summed E-state index contributed by atoms with van der Waals surface area (Å²) < 4.78 is 13.2. The maximum absolute atomic E-state index is 12.1. The largest absolute Gasteiger partial charge is 0.457 e. The van der Waals surface area contributed by atoms with Gasteiger partial charge in [0.05, 0.1) is 18.3 Å². The molecule has 0 bridgehead atoms. The molecule has 2 unspecified atom stereocenters. The molecule has 1 aromatic heterocycles. The average molecular weight is 450 g/mol. The number of aromatic nitrogens is 2. The Balaban J connectivity index is 1.49. The molecule has 6 nitrogen and oxygen atoms in total. The number of imidazole rings is 1. The first-order valence-corrected chi connectivity index (χ1v) is 12.0. The van der Waals surface area contributed by atoms with Crippen LogP contribution >= 0.6 is 0 Å². The molecule has 0 amide bonds. The molecule has 2 aromatic carbocycles. The summed E-state index contributed by atoms with van der Waals surface area (Å²) in [6, 6.07) is 13.4. The fourth-order valence-electron chi connectivity index (χ4n) is 4.78. The van der Waals surface area contributed by atoms with Gasteiger partial charge in [-0.3, -0.25) is 9.69 Å². The van der Waals surface area contributed by atoms with Gasteiger partial charge in [0.15, 0.2) is 0 Å². The van der Waals surface area contributed by atoms with Crippen LogP contribution in [0.1, 0.15) is 58.1 Å². The summed E-state index contributed by atoms with van der Waals surface area (Å²) in [6.07, 6.45) is 9.85. The Hall–Kier alpha value is -2.86. The molecule has 4 rings (SSSR count). The topological polar surface area (TPSA) is 56.6 Å². The second-order valence-corrected chi connectivity index (χ2v) is 9.43. The molecule has 0 saturated heterocycles. The Bertz CT molecular complexity index is 1060. The first-order valence-electron chi connectivity index (χ1n) is 12.0. The molecule has 1 aliphatic carbocycles. The molecule has 0 N–H and O–H groups in total. The SMILES string of the molecule is CC(C)N(C)C(C)C(c1ccc2cc(OCOC(=O)C3CCCC3)ccc2c1)n1ccnc1. The summed E-state index contributed by atoms with van der Waals surface area (Å²) in [4.78, 5) is 18.8. The minimum absolute atomic E-state index is 0.0410. The number of fused-ring (bicyclic) bond motifs is 1. The highest BCUT2D eigenvalue weighted by atomic mass is 16.7. The number of esters is 1. The van der Waals surface area contributed by atoms with Gasteiger partial charge in [-0.2, -0.15) is 0 Å². The zero-order chi connectivity index (χ0) is 23.4. The molecule has 33 heavy (non-hydrogen) atoms. The van der Waals surface area contributed by atoms with E-state index in [2.05, 4.69) is 66.5 Å². The van der Waals surface area contributed by atoms with Crippen LogP contribution < -0.4 is 4.74 Å². The lowest BCUT2D eigenvalue weighted by Crippen LogP contribution is -2.41. The maximum atomic E-state index is 12.1. The summed E-state index contributed by atoms with van der Waals surface area (Å²) in [5.41, 5.74) is 1.24. The van der Waals surface area contributed by atoms with Gasteiger partial charge in [0.1, 0.15) is 5.75 Å². The molecule has 2 atom stereocenters. The number of hydrogen-bond donors (Lipinski definition) is 0. The molecule has 0 spiro atoms. The Kier molecular flexibility index (Phi) is 7.33. The fourth-order valence-corrected chi connectivity index (χ4v) is 4.78. The van der Waals surface area contributed by atoms with E-state index in [0.717, 1.165) is 36.5 Å². The van der Waals surface area contributed by atoms with E-state index in [9.17, 15) is 4.79 Å². The van der Waals surface area contributed by atoms with E-state index in [1.54, 1.807) is 0 Å². The highest BCUT2D eigenvalue weighted by Gasteiger charge is 2.26. The summed E-state index contributed by atoms with van der Waals surface area (Å²) in [5.74, 6) is 0.613. The first kappa shape index (κ1) is 23.3. The van der Waals surface area contributed by atoms with Gasteiger partial charge in [0, 0.05) is 24.5 Å². The second kappa shape index (κ2) is 10.4. The third-order valence-electron chi connectivity index (χ3n) is 7.05. The van der Waals surface area contributed by atoms with Gasteiger partial charge < -0.3 is 14.0 Å². The van der Waals surface area contributed by atoms with Crippen molar-refractivity contribution in [3.8, 4) is 5.75 Å². The van der Waals surface area contributed by atoms with Gasteiger partial charge in [0.25, 0.3) is 0 Å². The van der Waals surface area contributed by atoms with Crippen LogP contribution in [0.4, 0.5) is 0 Å². The number of benzene rings is 2. The number of ether oxygens (including phenoxy) is 2. The van der Waals surface area contributed by atoms with Crippen molar-refractivity contribution in [2.45, 2.75) is 64.6 Å². The van der Waals surface area contributed by atoms with Crippen molar-refractivity contribution in [3.05, 3.63) is 60.7 Å². The van der Waals surface area contributed by atoms with Gasteiger partial charge in [0.2, 0.25) is 6.79 Å². The minimum atomic E-state index is -0.135. The average Bonchev–Trinajstić information content (AvgIpc) is 3.53. The summed E-state index contributed by atoms with van der Waals surface area (Å²) >= 11 is 0. The molecule has 3 aromatic rings. The number of rotatable bonds is 9. The van der Waals surface area contributed by atoms with Crippen molar-refractivity contribution in [2.24, 2.45) is 5.92 Å². The zero-order valence-corrected chi connectivity index (χ0v) is 20.1. The predicted molar refractivity (Wildman–Crippen MR) is 130 cm³/mol. The molecule has 6 heteroatoms. The molecule has 0 radical (unpaired) electrons. The predicted octanol–water partition coefficient (Wildman–Crippen LogP) is 5.42. The lowest BCUT2D eigenvalue weighted by Gasteiger charge is -2.35. The van der Waals surface area contributed by atoms with Crippen LogP contribution in [-0.2, 0) is 9.53 Å². The fraction of sp³-hybridized carbons (Fsp3) is 0.481. The van der Waals surface area contributed by atoms with Gasteiger partial charge >= 0.3 is 5.97 Å². The van der Waals surface area contributed by atoms with Crippen LogP contribution in [0.15, 0.2) is 55.1 Å². The number of nitrogens with zero attached hydrogens (tertiary/aromatic N) is 3. The Morgan fingerprint density at radius 1 is 1.12 bits per heavy atom. The van der Waals surface area contributed by atoms with Crippen molar-refractivity contribution in [1.29, 1.82) is 0 Å². The number of hydrogen-bond acceptors (Lipinski definition) is 5. The standard InChI is InChI=1S/C27H35N3O3/c1-19(2)29(4)20(3)26(30-14-13-28-17-30)24-10-9-23-16-25(12-11-22(23)15-24)32-18-33-27(31)21-7-5-6-8-21/h9-17,19-21,26H,5-8,18H2,1-4H3. The van der Waals surface area contributed by atoms with Gasteiger partial charge in [-0.05, 0) is 75.2 Å². The van der Waals surface area contributed by atoms with E-state index in [1.807, 2.05) is 30.9 Å². The second-order valence-electron chi connectivity index (χ2n) is 9.43. The monoisotopic (exact) mass is 449 g/mol. The van der Waals surface area contributed by atoms with Gasteiger partial charge in [-0.25, -0.2) is 4.98 Å².